The number of halogens is 2. The van der Waals surface area contributed by atoms with Crippen LogP contribution < -0.4 is 15.4 Å². The van der Waals surface area contributed by atoms with Crippen LogP contribution in [0, 0.1) is 11.3 Å². The summed E-state index contributed by atoms with van der Waals surface area (Å²) in [5.41, 5.74) is 0.949. The van der Waals surface area contributed by atoms with Crippen LogP contribution in [0.1, 0.15) is 6.42 Å². The van der Waals surface area contributed by atoms with Gasteiger partial charge in [-0.15, -0.1) is 0 Å². The molecule has 2 aromatic carbocycles. The molecule has 6 nitrogen and oxygen atoms in total. The summed E-state index contributed by atoms with van der Waals surface area (Å²) in [4.78, 5) is 23.4. The highest BCUT2D eigenvalue weighted by Crippen LogP contribution is 2.27. The number of rotatable bonds is 6. The van der Waals surface area contributed by atoms with Crippen LogP contribution in [0.4, 0.5) is 11.4 Å². The molecule has 8 heteroatoms. The van der Waals surface area contributed by atoms with Crippen LogP contribution in [0.3, 0.4) is 0 Å². The van der Waals surface area contributed by atoms with Gasteiger partial charge in [-0.2, -0.15) is 5.26 Å². The fourth-order valence-electron chi connectivity index (χ4n) is 1.88. The summed E-state index contributed by atoms with van der Waals surface area (Å²) in [6.45, 7) is -0.244. The average molecular weight is 378 g/mol. The molecule has 0 aromatic heterocycles. The molecule has 0 bridgehead atoms. The van der Waals surface area contributed by atoms with Gasteiger partial charge in [0.15, 0.2) is 6.61 Å². The second kappa shape index (κ2) is 8.92. The third-order valence-corrected chi connectivity index (χ3v) is 3.45. The smallest absolute Gasteiger partial charge is 0.262 e. The minimum Gasteiger partial charge on any atom is -0.482 e. The molecule has 2 N–H and O–H groups in total. The fraction of sp³-hybridized carbons (Fsp3) is 0.118. The largest absolute Gasteiger partial charge is 0.482 e. The van der Waals surface area contributed by atoms with Crippen LogP contribution in [-0.2, 0) is 9.59 Å². The van der Waals surface area contributed by atoms with E-state index in [1.165, 1.54) is 6.07 Å². The van der Waals surface area contributed by atoms with Crippen molar-refractivity contribution in [2.24, 2.45) is 0 Å². The van der Waals surface area contributed by atoms with Crippen molar-refractivity contribution in [1.82, 2.24) is 0 Å². The topological polar surface area (TPSA) is 91.2 Å². The number of nitrogens with zero attached hydrogens (tertiary/aromatic N) is 1. The van der Waals surface area contributed by atoms with Crippen LogP contribution in [0.25, 0.3) is 0 Å². The van der Waals surface area contributed by atoms with Crippen LogP contribution >= 0.6 is 23.2 Å². The number of anilines is 2. The summed E-state index contributed by atoms with van der Waals surface area (Å²) in [6.07, 6.45) is -0.244. The highest BCUT2D eigenvalue weighted by atomic mass is 35.5. The first-order valence-corrected chi connectivity index (χ1v) is 7.88. The number of hydrogen-bond acceptors (Lipinski definition) is 4. The van der Waals surface area contributed by atoms with E-state index >= 15 is 0 Å². The van der Waals surface area contributed by atoms with E-state index < -0.39 is 11.8 Å². The second-order valence-electron chi connectivity index (χ2n) is 4.88. The molecule has 0 aliphatic rings. The first-order valence-electron chi connectivity index (χ1n) is 7.12. The summed E-state index contributed by atoms with van der Waals surface area (Å²) in [6, 6.07) is 13.0. The number of nitriles is 1. The van der Waals surface area contributed by atoms with Crippen molar-refractivity contribution in [2.75, 3.05) is 17.2 Å². The second-order valence-corrected chi connectivity index (χ2v) is 5.72. The van der Waals surface area contributed by atoms with Crippen LogP contribution in [0.5, 0.6) is 5.75 Å². The molecule has 0 fully saturated rings. The number of benzene rings is 2. The lowest BCUT2D eigenvalue weighted by Crippen LogP contribution is -2.20. The minimum absolute atomic E-state index is 0.244. The van der Waals surface area contributed by atoms with Crippen molar-refractivity contribution in [2.45, 2.75) is 6.42 Å². The molecule has 2 aromatic rings. The number of carbonyl (C=O) groups excluding carboxylic acids is 2. The van der Waals surface area contributed by atoms with Gasteiger partial charge in [-0.3, -0.25) is 9.59 Å². The zero-order chi connectivity index (χ0) is 18.2. The van der Waals surface area contributed by atoms with Gasteiger partial charge < -0.3 is 15.4 Å². The monoisotopic (exact) mass is 377 g/mol. The van der Waals surface area contributed by atoms with Crippen molar-refractivity contribution in [3.63, 3.8) is 0 Å². The van der Waals surface area contributed by atoms with Crippen molar-refractivity contribution in [1.29, 1.82) is 5.26 Å². The normalized spacial score (nSPS) is 9.80. The van der Waals surface area contributed by atoms with Crippen LogP contribution in [0.2, 0.25) is 10.0 Å². The highest BCUT2D eigenvalue weighted by molar-refractivity contribution is 6.35. The highest BCUT2D eigenvalue weighted by Gasteiger charge is 2.08. The Morgan fingerprint density at radius 1 is 1.04 bits per heavy atom. The first-order chi connectivity index (χ1) is 12.0. The molecule has 0 radical (unpaired) electrons. The first kappa shape index (κ1) is 18.6. The van der Waals surface area contributed by atoms with E-state index in [0.29, 0.717) is 27.2 Å². The van der Waals surface area contributed by atoms with Crippen molar-refractivity contribution >= 4 is 46.4 Å². The van der Waals surface area contributed by atoms with E-state index in [1.807, 2.05) is 0 Å². The van der Waals surface area contributed by atoms with E-state index in [1.54, 1.807) is 42.5 Å². The maximum atomic E-state index is 12.0. The molecule has 0 unspecified atom stereocenters. The predicted molar refractivity (Wildman–Crippen MR) is 95.9 cm³/mol. The van der Waals surface area contributed by atoms with Gasteiger partial charge in [0.05, 0.1) is 11.1 Å². The van der Waals surface area contributed by atoms with Crippen molar-refractivity contribution < 1.29 is 14.3 Å². The van der Waals surface area contributed by atoms with Crippen LogP contribution in [0.15, 0.2) is 42.5 Å². The van der Waals surface area contributed by atoms with Gasteiger partial charge in [-0.05, 0) is 36.4 Å². The summed E-state index contributed by atoms with van der Waals surface area (Å²) < 4.78 is 5.34. The molecule has 0 saturated heterocycles. The maximum absolute atomic E-state index is 12.0. The Labute approximate surface area is 154 Å². The molecule has 2 amide bonds. The molecule has 0 spiro atoms. The average Bonchev–Trinajstić information content (AvgIpc) is 2.54. The third-order valence-electron chi connectivity index (χ3n) is 2.92. The van der Waals surface area contributed by atoms with E-state index in [4.69, 9.17) is 33.2 Å². The molecule has 128 valence electrons. The Bertz CT molecular complexity index is 834. The maximum Gasteiger partial charge on any atom is 0.262 e. The Hall–Kier alpha value is -2.75. The Morgan fingerprint density at radius 3 is 2.36 bits per heavy atom. The van der Waals surface area contributed by atoms with Gasteiger partial charge in [0.1, 0.15) is 12.2 Å². The molecule has 0 atom stereocenters. The number of carbonyl (C=O) groups is 2. The zero-order valence-electron chi connectivity index (χ0n) is 12.9. The lowest BCUT2D eigenvalue weighted by atomic mass is 10.2. The predicted octanol–water partition coefficient (Wildman–Crippen LogP) is 3.86. The summed E-state index contributed by atoms with van der Waals surface area (Å²) in [5.74, 6) is -0.475. The zero-order valence-corrected chi connectivity index (χ0v) is 14.4. The van der Waals surface area contributed by atoms with Gasteiger partial charge in [0.2, 0.25) is 5.91 Å². The molecule has 25 heavy (non-hydrogen) atoms. The van der Waals surface area contributed by atoms with Crippen molar-refractivity contribution in [3.05, 3.63) is 52.5 Å². The minimum atomic E-state index is -0.424. The number of amides is 2. The van der Waals surface area contributed by atoms with Gasteiger partial charge in [0.25, 0.3) is 5.91 Å². The molecular weight excluding hydrogens is 365 g/mol. The van der Waals surface area contributed by atoms with Crippen molar-refractivity contribution in [3.8, 4) is 11.8 Å². The quantitative estimate of drug-likeness (QED) is 0.799. The summed E-state index contributed by atoms with van der Waals surface area (Å²) in [7, 11) is 0. The lowest BCUT2D eigenvalue weighted by molar-refractivity contribution is -0.118. The Kier molecular flexibility index (Phi) is 6.63. The number of hydrogen-bond donors (Lipinski definition) is 2. The molecular formula is C17H13Cl2N3O3. The van der Waals surface area contributed by atoms with Crippen LogP contribution in [-0.4, -0.2) is 18.4 Å². The van der Waals surface area contributed by atoms with Gasteiger partial charge in [-0.1, -0.05) is 29.3 Å². The molecule has 0 heterocycles. The van der Waals surface area contributed by atoms with E-state index in [-0.39, 0.29) is 13.0 Å². The fourth-order valence-corrected chi connectivity index (χ4v) is 2.35. The third kappa shape index (κ3) is 5.99. The van der Waals surface area contributed by atoms with E-state index in [9.17, 15) is 9.59 Å². The molecule has 2 rings (SSSR count). The number of ether oxygens (including phenoxy) is 1. The molecule has 0 aliphatic carbocycles. The lowest BCUT2D eigenvalue weighted by Gasteiger charge is -2.10. The Morgan fingerprint density at radius 2 is 1.72 bits per heavy atom. The van der Waals surface area contributed by atoms with E-state index in [2.05, 4.69) is 10.6 Å². The standard InChI is InChI=1S/C17H13Cl2N3O3/c18-11-4-5-15(14(19)8-11)25-10-17(24)22-13-3-1-2-12(9-13)21-16(23)6-7-20/h1-5,8-9H,6,10H2,(H,21,23)(H,22,24). The van der Waals surface area contributed by atoms with E-state index in [0.717, 1.165) is 0 Å². The van der Waals surface area contributed by atoms with Gasteiger partial charge in [-0.25, -0.2) is 0 Å². The molecule has 0 aliphatic heterocycles. The van der Waals surface area contributed by atoms with Gasteiger partial charge >= 0.3 is 0 Å². The SMILES string of the molecule is N#CCC(=O)Nc1cccc(NC(=O)COc2ccc(Cl)cc2Cl)c1. The number of nitrogens with one attached hydrogen (secondary N) is 2. The summed E-state index contributed by atoms with van der Waals surface area (Å²) >= 11 is 11.8. The Balaban J connectivity index is 1.92. The molecule has 0 saturated carbocycles. The summed E-state index contributed by atoms with van der Waals surface area (Å²) in [5, 5.41) is 14.4. The van der Waals surface area contributed by atoms with Gasteiger partial charge in [0, 0.05) is 16.4 Å².